The third kappa shape index (κ3) is 4.92. The van der Waals surface area contributed by atoms with E-state index in [4.69, 9.17) is 0 Å². The molecule has 1 fully saturated rings. The normalized spacial score (nSPS) is 17.5. The molecule has 2 heterocycles. The Morgan fingerprint density at radius 1 is 1.44 bits per heavy atom. The molecule has 1 N–H and O–H groups in total. The molecule has 1 amide bonds. The van der Waals surface area contributed by atoms with E-state index in [0.29, 0.717) is 22.6 Å². The Morgan fingerprint density at radius 2 is 2.32 bits per heavy atom. The van der Waals surface area contributed by atoms with Crippen LogP contribution < -0.4 is 5.32 Å². The van der Waals surface area contributed by atoms with Crippen molar-refractivity contribution in [3.8, 4) is 0 Å². The topological polar surface area (TPSA) is 58.1 Å². The molecule has 5 nitrogen and oxygen atoms in total. The highest BCUT2D eigenvalue weighted by atomic mass is 32.2. The molecule has 1 aliphatic rings. The van der Waals surface area contributed by atoms with Gasteiger partial charge in [-0.25, -0.2) is 4.39 Å². The standard InChI is InChI=1S/C17H21FN4OS2/c1-2-14-8-3-4-9-22(14)15(23)11-24-17-21-20-16(25-17)19-13-7-5-6-12(18)10-13/h5-7,10,14H,2-4,8-9,11H2,1H3,(H,19,20)/t14-/m0/s1. The summed E-state index contributed by atoms with van der Waals surface area (Å²) in [6.45, 7) is 3.00. The molecule has 1 saturated heterocycles. The fourth-order valence-electron chi connectivity index (χ4n) is 2.97. The maximum Gasteiger partial charge on any atom is 0.233 e. The number of aromatic nitrogens is 2. The van der Waals surface area contributed by atoms with Crippen molar-refractivity contribution in [2.45, 2.75) is 43.0 Å². The third-order valence-corrected chi connectivity index (χ3v) is 6.18. The van der Waals surface area contributed by atoms with Crippen molar-refractivity contribution in [1.29, 1.82) is 0 Å². The Hall–Kier alpha value is -1.67. The third-order valence-electron chi connectivity index (χ3n) is 4.22. The smallest absolute Gasteiger partial charge is 0.233 e. The molecule has 1 atom stereocenters. The average Bonchev–Trinajstić information content (AvgIpc) is 3.07. The van der Waals surface area contributed by atoms with Gasteiger partial charge in [-0.2, -0.15) is 0 Å². The highest BCUT2D eigenvalue weighted by Gasteiger charge is 2.25. The lowest BCUT2D eigenvalue weighted by Gasteiger charge is -2.35. The average molecular weight is 381 g/mol. The molecular formula is C17H21FN4OS2. The van der Waals surface area contributed by atoms with Crippen LogP contribution in [-0.2, 0) is 4.79 Å². The molecule has 134 valence electrons. The monoisotopic (exact) mass is 380 g/mol. The number of carbonyl (C=O) groups excluding carboxylic acids is 1. The number of likely N-dealkylation sites (tertiary alicyclic amines) is 1. The minimum Gasteiger partial charge on any atom is -0.339 e. The van der Waals surface area contributed by atoms with Gasteiger partial charge in [-0.3, -0.25) is 4.79 Å². The van der Waals surface area contributed by atoms with Gasteiger partial charge in [0.25, 0.3) is 0 Å². The van der Waals surface area contributed by atoms with Crippen molar-refractivity contribution >= 4 is 39.8 Å². The molecule has 0 saturated carbocycles. The van der Waals surface area contributed by atoms with E-state index in [1.165, 1.54) is 41.7 Å². The number of rotatable bonds is 6. The second-order valence-corrected chi connectivity index (χ2v) is 8.14. The Kier molecular flexibility index (Phi) is 6.25. The molecule has 1 aromatic heterocycles. The largest absolute Gasteiger partial charge is 0.339 e. The van der Waals surface area contributed by atoms with E-state index in [-0.39, 0.29) is 11.7 Å². The van der Waals surface area contributed by atoms with Gasteiger partial charge in [0.2, 0.25) is 11.0 Å². The Bertz CT molecular complexity index is 724. The van der Waals surface area contributed by atoms with E-state index in [9.17, 15) is 9.18 Å². The first-order valence-corrected chi connectivity index (χ1v) is 10.2. The van der Waals surface area contributed by atoms with Gasteiger partial charge >= 0.3 is 0 Å². The van der Waals surface area contributed by atoms with E-state index < -0.39 is 0 Å². The summed E-state index contributed by atoms with van der Waals surface area (Å²) in [6, 6.07) is 6.57. The molecule has 8 heteroatoms. The lowest BCUT2D eigenvalue weighted by Crippen LogP contribution is -2.44. The number of amides is 1. The number of benzene rings is 1. The van der Waals surface area contributed by atoms with Gasteiger partial charge in [-0.05, 0) is 43.9 Å². The minimum absolute atomic E-state index is 0.173. The number of carbonyl (C=O) groups is 1. The van der Waals surface area contributed by atoms with Crippen LogP contribution in [0.4, 0.5) is 15.2 Å². The van der Waals surface area contributed by atoms with Gasteiger partial charge < -0.3 is 10.2 Å². The summed E-state index contributed by atoms with van der Waals surface area (Å²) in [5.41, 5.74) is 0.628. The molecule has 3 rings (SSSR count). The van der Waals surface area contributed by atoms with Crippen molar-refractivity contribution in [3.05, 3.63) is 30.1 Å². The number of nitrogens with one attached hydrogen (secondary N) is 1. The van der Waals surface area contributed by atoms with E-state index in [1.54, 1.807) is 12.1 Å². The first-order valence-electron chi connectivity index (χ1n) is 8.44. The Balaban J connectivity index is 1.53. The van der Waals surface area contributed by atoms with Gasteiger partial charge in [-0.15, -0.1) is 10.2 Å². The van der Waals surface area contributed by atoms with E-state index in [0.717, 1.165) is 30.1 Å². The van der Waals surface area contributed by atoms with Crippen molar-refractivity contribution in [3.63, 3.8) is 0 Å². The number of nitrogens with zero attached hydrogens (tertiary/aromatic N) is 3. The van der Waals surface area contributed by atoms with Gasteiger partial charge in [0.15, 0.2) is 4.34 Å². The maximum absolute atomic E-state index is 13.2. The summed E-state index contributed by atoms with van der Waals surface area (Å²) in [6.07, 6.45) is 4.42. The summed E-state index contributed by atoms with van der Waals surface area (Å²) >= 11 is 2.77. The molecule has 1 aliphatic heterocycles. The van der Waals surface area contributed by atoms with Crippen LogP contribution in [0.2, 0.25) is 0 Å². The first-order chi connectivity index (χ1) is 12.2. The molecule has 25 heavy (non-hydrogen) atoms. The zero-order valence-corrected chi connectivity index (χ0v) is 15.7. The summed E-state index contributed by atoms with van der Waals surface area (Å²) in [4.78, 5) is 14.5. The number of hydrogen-bond acceptors (Lipinski definition) is 6. The highest BCUT2D eigenvalue weighted by molar-refractivity contribution is 8.01. The van der Waals surface area contributed by atoms with Crippen LogP contribution in [0, 0.1) is 5.82 Å². The molecule has 0 aliphatic carbocycles. The SMILES string of the molecule is CC[C@H]1CCCCN1C(=O)CSc1nnc(Nc2cccc(F)c2)s1. The molecular weight excluding hydrogens is 359 g/mol. The second-order valence-electron chi connectivity index (χ2n) is 5.94. The zero-order chi connectivity index (χ0) is 17.6. The summed E-state index contributed by atoms with van der Waals surface area (Å²) in [5, 5.41) is 11.8. The summed E-state index contributed by atoms with van der Waals surface area (Å²) in [7, 11) is 0. The van der Waals surface area contributed by atoms with Crippen LogP contribution in [0.1, 0.15) is 32.6 Å². The lowest BCUT2D eigenvalue weighted by atomic mass is 10.0. The predicted molar refractivity (Wildman–Crippen MR) is 100.0 cm³/mol. The van der Waals surface area contributed by atoms with Gasteiger partial charge in [-0.1, -0.05) is 36.1 Å². The molecule has 2 aromatic rings. The fourth-order valence-corrected chi connectivity index (χ4v) is 4.63. The number of halogens is 1. The van der Waals surface area contributed by atoms with Crippen molar-refractivity contribution in [2.75, 3.05) is 17.6 Å². The highest BCUT2D eigenvalue weighted by Crippen LogP contribution is 2.29. The Morgan fingerprint density at radius 3 is 3.12 bits per heavy atom. The van der Waals surface area contributed by atoms with Crippen LogP contribution in [-0.4, -0.2) is 39.3 Å². The van der Waals surface area contributed by atoms with Gasteiger partial charge in [0, 0.05) is 18.3 Å². The van der Waals surface area contributed by atoms with E-state index in [2.05, 4.69) is 22.4 Å². The zero-order valence-electron chi connectivity index (χ0n) is 14.1. The molecule has 0 radical (unpaired) electrons. The quantitative estimate of drug-likeness (QED) is 0.757. The minimum atomic E-state index is -0.304. The summed E-state index contributed by atoms with van der Waals surface area (Å²) < 4.78 is 13.9. The molecule has 0 spiro atoms. The number of hydrogen-bond donors (Lipinski definition) is 1. The fraction of sp³-hybridized carbons (Fsp3) is 0.471. The second kappa shape index (κ2) is 8.62. The molecule has 0 unspecified atom stereocenters. The maximum atomic E-state index is 13.2. The van der Waals surface area contributed by atoms with Crippen LogP contribution in [0.5, 0.6) is 0 Å². The van der Waals surface area contributed by atoms with E-state index in [1.807, 2.05) is 4.90 Å². The lowest BCUT2D eigenvalue weighted by molar-refractivity contribution is -0.132. The Labute approximate surface area is 155 Å². The first kappa shape index (κ1) is 18.1. The van der Waals surface area contributed by atoms with Gasteiger partial charge in [0.1, 0.15) is 5.82 Å². The number of thioether (sulfide) groups is 1. The predicted octanol–water partition coefficient (Wildman–Crippen LogP) is 4.30. The number of anilines is 2. The van der Waals surface area contributed by atoms with Crippen LogP contribution in [0.15, 0.2) is 28.6 Å². The van der Waals surface area contributed by atoms with Gasteiger partial charge in [0.05, 0.1) is 5.75 Å². The van der Waals surface area contributed by atoms with Crippen molar-refractivity contribution < 1.29 is 9.18 Å². The van der Waals surface area contributed by atoms with E-state index >= 15 is 0 Å². The van der Waals surface area contributed by atoms with Crippen LogP contribution in [0.3, 0.4) is 0 Å². The van der Waals surface area contributed by atoms with Crippen molar-refractivity contribution in [1.82, 2.24) is 15.1 Å². The van der Waals surface area contributed by atoms with Crippen LogP contribution in [0.25, 0.3) is 0 Å². The van der Waals surface area contributed by atoms with Crippen molar-refractivity contribution in [2.24, 2.45) is 0 Å². The number of piperidine rings is 1. The summed E-state index contributed by atoms with van der Waals surface area (Å²) in [5.74, 6) is 0.249. The van der Waals surface area contributed by atoms with Crippen LogP contribution >= 0.6 is 23.1 Å². The molecule has 1 aromatic carbocycles. The molecule has 0 bridgehead atoms.